The molecule has 2 N–H and O–H groups in total. The molecular weight excluding hydrogens is 350 g/mol. The van der Waals surface area contributed by atoms with Crippen LogP contribution < -0.4 is 5.32 Å². The fraction of sp³-hybridized carbons (Fsp3) is 0. The van der Waals surface area contributed by atoms with Crippen LogP contribution in [0.15, 0.2) is 35.1 Å². The van der Waals surface area contributed by atoms with Gasteiger partial charge in [0.2, 0.25) is 0 Å². The van der Waals surface area contributed by atoms with Crippen molar-refractivity contribution in [2.75, 3.05) is 5.32 Å². The van der Waals surface area contributed by atoms with Crippen LogP contribution in [0.5, 0.6) is 0 Å². The molecule has 2 rings (SSSR count). The van der Waals surface area contributed by atoms with Crippen LogP contribution in [0.1, 0.15) is 20.8 Å². The summed E-state index contributed by atoms with van der Waals surface area (Å²) < 4.78 is 0.537. The summed E-state index contributed by atoms with van der Waals surface area (Å²) in [7, 11) is 0. The van der Waals surface area contributed by atoms with Crippen molar-refractivity contribution in [2.45, 2.75) is 0 Å². The van der Waals surface area contributed by atoms with Crippen molar-refractivity contribution in [2.24, 2.45) is 0 Å². The van der Waals surface area contributed by atoms with Crippen molar-refractivity contribution in [1.82, 2.24) is 9.97 Å². The van der Waals surface area contributed by atoms with Crippen molar-refractivity contribution in [3.63, 3.8) is 0 Å². The van der Waals surface area contributed by atoms with Crippen LogP contribution in [0, 0.1) is 0 Å². The summed E-state index contributed by atoms with van der Waals surface area (Å²) in [5, 5.41) is 11.7. The Labute approximate surface area is 126 Å². The normalized spacial score (nSPS) is 10.1. The third kappa shape index (κ3) is 3.52. The standard InChI is InChI=1S/C12H7BrClN3O3/c13-7-1-6(12(19)20)2-8(3-7)17-11(18)9-4-16-10(14)5-15-9/h1-5H,(H,17,18)(H,19,20). The third-order valence-electron chi connectivity index (χ3n) is 2.26. The number of anilines is 1. The number of carbonyl (C=O) groups is 2. The SMILES string of the molecule is O=C(O)c1cc(Br)cc(NC(=O)c2cnc(Cl)cn2)c1. The van der Waals surface area contributed by atoms with Gasteiger partial charge in [-0.3, -0.25) is 4.79 Å². The molecule has 0 aliphatic rings. The molecule has 0 radical (unpaired) electrons. The number of amides is 1. The van der Waals surface area contributed by atoms with Crippen LogP contribution >= 0.6 is 27.5 Å². The van der Waals surface area contributed by atoms with Gasteiger partial charge < -0.3 is 10.4 Å². The fourth-order valence-electron chi connectivity index (χ4n) is 1.41. The number of carboxylic acid groups (broad SMARTS) is 1. The molecule has 2 aromatic rings. The summed E-state index contributed by atoms with van der Waals surface area (Å²) in [5.41, 5.74) is 0.460. The Hall–Kier alpha value is -1.99. The average Bonchev–Trinajstić information content (AvgIpc) is 2.38. The van der Waals surface area contributed by atoms with Crippen LogP contribution in [-0.2, 0) is 0 Å². The molecule has 0 saturated carbocycles. The van der Waals surface area contributed by atoms with Gasteiger partial charge in [-0.25, -0.2) is 14.8 Å². The molecule has 6 nitrogen and oxygen atoms in total. The maximum Gasteiger partial charge on any atom is 0.335 e. The monoisotopic (exact) mass is 355 g/mol. The van der Waals surface area contributed by atoms with Gasteiger partial charge in [-0.2, -0.15) is 0 Å². The van der Waals surface area contributed by atoms with Crippen LogP contribution in [0.4, 0.5) is 5.69 Å². The number of rotatable bonds is 3. The number of aromatic carboxylic acids is 1. The molecule has 1 aromatic heterocycles. The summed E-state index contributed by atoms with van der Waals surface area (Å²) in [5.74, 6) is -1.60. The summed E-state index contributed by atoms with van der Waals surface area (Å²) in [4.78, 5) is 30.4. The number of halogens is 2. The minimum absolute atomic E-state index is 0.0527. The van der Waals surface area contributed by atoms with Crippen molar-refractivity contribution < 1.29 is 14.7 Å². The van der Waals surface area contributed by atoms with Gasteiger partial charge in [0.25, 0.3) is 5.91 Å². The van der Waals surface area contributed by atoms with E-state index in [1.54, 1.807) is 6.07 Å². The van der Waals surface area contributed by atoms with E-state index in [-0.39, 0.29) is 16.4 Å². The van der Waals surface area contributed by atoms with Crippen LogP contribution in [0.2, 0.25) is 5.15 Å². The second kappa shape index (κ2) is 5.98. The lowest BCUT2D eigenvalue weighted by atomic mass is 10.2. The van der Waals surface area contributed by atoms with E-state index in [4.69, 9.17) is 16.7 Å². The maximum atomic E-state index is 11.9. The first-order valence-corrected chi connectivity index (χ1v) is 6.45. The number of hydrogen-bond acceptors (Lipinski definition) is 4. The number of aromatic nitrogens is 2. The predicted molar refractivity (Wildman–Crippen MR) is 76.1 cm³/mol. The van der Waals surface area contributed by atoms with Crippen LogP contribution in [0.25, 0.3) is 0 Å². The first-order valence-electron chi connectivity index (χ1n) is 5.28. The molecule has 1 amide bonds. The van der Waals surface area contributed by atoms with Crippen molar-refractivity contribution >= 4 is 45.1 Å². The molecule has 0 spiro atoms. The summed E-state index contributed by atoms with van der Waals surface area (Å²) >= 11 is 8.75. The maximum absolute atomic E-state index is 11.9. The van der Waals surface area contributed by atoms with Crippen LogP contribution in [-0.4, -0.2) is 27.0 Å². The Kier molecular flexibility index (Phi) is 4.31. The van der Waals surface area contributed by atoms with E-state index in [1.165, 1.54) is 24.5 Å². The summed E-state index contributed by atoms with van der Waals surface area (Å²) in [6.45, 7) is 0. The number of carboxylic acids is 1. The molecule has 102 valence electrons. The lowest BCUT2D eigenvalue weighted by Crippen LogP contribution is -2.14. The highest BCUT2D eigenvalue weighted by Gasteiger charge is 2.11. The minimum atomic E-state index is -1.09. The summed E-state index contributed by atoms with van der Waals surface area (Å²) in [6.07, 6.45) is 2.48. The lowest BCUT2D eigenvalue weighted by molar-refractivity contribution is 0.0696. The number of nitrogens with one attached hydrogen (secondary N) is 1. The molecule has 20 heavy (non-hydrogen) atoms. The first kappa shape index (κ1) is 14.4. The molecule has 0 aliphatic carbocycles. The zero-order valence-electron chi connectivity index (χ0n) is 9.80. The molecule has 0 bridgehead atoms. The summed E-state index contributed by atoms with van der Waals surface area (Å²) in [6, 6.07) is 4.35. The zero-order valence-corrected chi connectivity index (χ0v) is 12.1. The average molecular weight is 357 g/mol. The third-order valence-corrected chi connectivity index (χ3v) is 2.91. The first-order chi connectivity index (χ1) is 9.45. The van der Waals surface area contributed by atoms with E-state index in [1.807, 2.05) is 0 Å². The highest BCUT2D eigenvalue weighted by atomic mass is 79.9. The molecule has 0 atom stereocenters. The van der Waals surface area contributed by atoms with E-state index in [2.05, 4.69) is 31.2 Å². The zero-order chi connectivity index (χ0) is 14.7. The van der Waals surface area contributed by atoms with Gasteiger partial charge in [-0.05, 0) is 18.2 Å². The van der Waals surface area contributed by atoms with E-state index >= 15 is 0 Å². The number of carbonyl (C=O) groups excluding carboxylic acids is 1. The Morgan fingerprint density at radius 1 is 1.20 bits per heavy atom. The molecule has 1 aromatic carbocycles. The van der Waals surface area contributed by atoms with Crippen molar-refractivity contribution in [3.05, 3.63) is 51.5 Å². The molecular formula is C12H7BrClN3O3. The Bertz CT molecular complexity index is 676. The smallest absolute Gasteiger partial charge is 0.335 e. The van der Waals surface area contributed by atoms with E-state index in [9.17, 15) is 9.59 Å². The van der Waals surface area contributed by atoms with Gasteiger partial charge in [0, 0.05) is 10.2 Å². The van der Waals surface area contributed by atoms with Gasteiger partial charge in [0.1, 0.15) is 10.8 Å². The second-order valence-electron chi connectivity index (χ2n) is 3.71. The topological polar surface area (TPSA) is 92.2 Å². The molecule has 0 saturated heterocycles. The largest absolute Gasteiger partial charge is 0.478 e. The van der Waals surface area contributed by atoms with Gasteiger partial charge in [-0.1, -0.05) is 27.5 Å². The number of benzene rings is 1. The Morgan fingerprint density at radius 3 is 2.55 bits per heavy atom. The fourth-order valence-corrected chi connectivity index (χ4v) is 2.00. The quantitative estimate of drug-likeness (QED) is 0.882. The number of nitrogens with zero attached hydrogens (tertiary/aromatic N) is 2. The van der Waals surface area contributed by atoms with Gasteiger partial charge >= 0.3 is 5.97 Å². The predicted octanol–water partition coefficient (Wildman–Crippen LogP) is 2.84. The van der Waals surface area contributed by atoms with E-state index in [0.29, 0.717) is 10.2 Å². The molecule has 0 aliphatic heterocycles. The molecule has 0 unspecified atom stereocenters. The second-order valence-corrected chi connectivity index (χ2v) is 5.02. The van der Waals surface area contributed by atoms with E-state index < -0.39 is 11.9 Å². The van der Waals surface area contributed by atoms with Gasteiger partial charge in [-0.15, -0.1) is 0 Å². The minimum Gasteiger partial charge on any atom is -0.478 e. The molecule has 8 heteroatoms. The van der Waals surface area contributed by atoms with E-state index in [0.717, 1.165) is 0 Å². The van der Waals surface area contributed by atoms with Crippen molar-refractivity contribution in [1.29, 1.82) is 0 Å². The Morgan fingerprint density at radius 2 is 1.95 bits per heavy atom. The van der Waals surface area contributed by atoms with Crippen molar-refractivity contribution in [3.8, 4) is 0 Å². The van der Waals surface area contributed by atoms with Crippen LogP contribution in [0.3, 0.4) is 0 Å². The Balaban J connectivity index is 2.23. The van der Waals surface area contributed by atoms with Gasteiger partial charge in [0.15, 0.2) is 0 Å². The molecule has 1 heterocycles. The lowest BCUT2D eigenvalue weighted by Gasteiger charge is -2.06. The van der Waals surface area contributed by atoms with Gasteiger partial charge in [0.05, 0.1) is 18.0 Å². The highest BCUT2D eigenvalue weighted by molar-refractivity contribution is 9.10. The highest BCUT2D eigenvalue weighted by Crippen LogP contribution is 2.20. The number of hydrogen-bond donors (Lipinski definition) is 2. The molecule has 0 fully saturated rings.